The van der Waals surface area contributed by atoms with Gasteiger partial charge in [0.15, 0.2) is 11.4 Å². The molecule has 0 aliphatic carbocycles. The predicted octanol–water partition coefficient (Wildman–Crippen LogP) is 0.958. The lowest BCUT2D eigenvalue weighted by Gasteiger charge is -2.23. The fourth-order valence-corrected chi connectivity index (χ4v) is 2.03. The number of hydrogen-bond donors (Lipinski definition) is 1. The van der Waals surface area contributed by atoms with E-state index in [1.54, 1.807) is 23.0 Å². The molecule has 2 aromatic rings. The van der Waals surface area contributed by atoms with Gasteiger partial charge in [0.05, 0.1) is 12.4 Å². The average molecular weight is 252 g/mol. The highest BCUT2D eigenvalue weighted by molar-refractivity contribution is 5.38. The van der Waals surface area contributed by atoms with E-state index in [0.29, 0.717) is 0 Å². The summed E-state index contributed by atoms with van der Waals surface area (Å²) in [6, 6.07) is 7.06. The van der Waals surface area contributed by atoms with Gasteiger partial charge < -0.3 is 10.3 Å². The largest absolute Gasteiger partial charge is 0.326 e. The maximum atomic E-state index is 9.18. The first-order valence-corrected chi connectivity index (χ1v) is 5.71. The lowest BCUT2D eigenvalue weighted by atomic mass is 10.0. The third-order valence-electron chi connectivity index (χ3n) is 2.83. The molecular weight excluding hydrogens is 240 g/mol. The number of nitriles is 2. The van der Waals surface area contributed by atoms with E-state index in [1.165, 1.54) is 6.33 Å². The Morgan fingerprint density at radius 1 is 1.37 bits per heavy atom. The molecule has 0 radical (unpaired) electrons. The van der Waals surface area contributed by atoms with Crippen molar-refractivity contribution in [2.75, 3.05) is 0 Å². The molecule has 0 aliphatic heterocycles. The first kappa shape index (κ1) is 12.7. The molecule has 0 spiro atoms. The van der Waals surface area contributed by atoms with E-state index < -0.39 is 0 Å². The summed E-state index contributed by atoms with van der Waals surface area (Å²) in [5.74, 6) is 0. The Morgan fingerprint density at radius 3 is 2.68 bits per heavy atom. The molecule has 0 saturated heterocycles. The normalized spacial score (nSPS) is 13.3. The second kappa shape index (κ2) is 5.30. The van der Waals surface area contributed by atoms with Gasteiger partial charge in [0.25, 0.3) is 0 Å². The van der Waals surface area contributed by atoms with Gasteiger partial charge in [-0.3, -0.25) is 4.98 Å². The van der Waals surface area contributed by atoms with Crippen LogP contribution in [-0.2, 0) is 0 Å². The smallest absolute Gasteiger partial charge is 0.176 e. The number of nitrogens with zero attached hydrogens (tertiary/aromatic N) is 5. The minimum atomic E-state index is -0.280. The second-order valence-electron chi connectivity index (χ2n) is 4.16. The van der Waals surface area contributed by atoms with Crippen LogP contribution in [-0.4, -0.2) is 20.6 Å². The number of imidazole rings is 1. The summed E-state index contributed by atoms with van der Waals surface area (Å²) in [7, 11) is 0. The molecule has 0 aliphatic rings. The highest BCUT2D eigenvalue weighted by Gasteiger charge is 2.23. The van der Waals surface area contributed by atoms with E-state index in [9.17, 15) is 5.26 Å². The maximum Gasteiger partial charge on any atom is 0.176 e. The summed E-state index contributed by atoms with van der Waals surface area (Å²) in [5.41, 5.74) is 7.20. The molecule has 2 unspecified atom stereocenters. The molecule has 2 rings (SSSR count). The van der Waals surface area contributed by atoms with E-state index >= 15 is 0 Å². The van der Waals surface area contributed by atoms with Crippen LogP contribution in [0.5, 0.6) is 0 Å². The zero-order chi connectivity index (χ0) is 13.8. The number of aromatic nitrogens is 3. The molecular formula is C13H12N6. The lowest BCUT2D eigenvalue weighted by Crippen LogP contribution is -2.30. The van der Waals surface area contributed by atoms with Crippen LogP contribution in [0.25, 0.3) is 0 Å². The van der Waals surface area contributed by atoms with Crippen LogP contribution in [0.3, 0.4) is 0 Å². The minimum absolute atomic E-state index is 0.108. The standard InChI is InChI=1S/C13H12N6/c1-9(16)13(10-3-2-4-17-7-10)19-8-18-11(5-14)12(19)6-15/h2-4,7-9,13H,16H2,1H3. The number of pyridine rings is 1. The quantitative estimate of drug-likeness (QED) is 0.875. The molecule has 6 heteroatoms. The Hall–Kier alpha value is -2.70. The van der Waals surface area contributed by atoms with Gasteiger partial charge in [-0.1, -0.05) is 6.07 Å². The molecule has 2 heterocycles. The number of rotatable bonds is 3. The Morgan fingerprint density at radius 2 is 2.16 bits per heavy atom. The van der Waals surface area contributed by atoms with Crippen molar-refractivity contribution in [2.45, 2.75) is 19.0 Å². The van der Waals surface area contributed by atoms with Crippen molar-refractivity contribution >= 4 is 0 Å². The van der Waals surface area contributed by atoms with Crippen LogP contribution in [0.15, 0.2) is 30.9 Å². The summed E-state index contributed by atoms with van der Waals surface area (Å²) in [6.45, 7) is 1.84. The first-order valence-electron chi connectivity index (χ1n) is 5.71. The summed E-state index contributed by atoms with van der Waals surface area (Å²) in [4.78, 5) is 8.00. The Bertz CT molecular complexity index is 644. The molecule has 2 aromatic heterocycles. The van der Waals surface area contributed by atoms with Crippen LogP contribution in [0.4, 0.5) is 0 Å². The van der Waals surface area contributed by atoms with Crippen molar-refractivity contribution in [1.82, 2.24) is 14.5 Å². The minimum Gasteiger partial charge on any atom is -0.326 e. The maximum absolute atomic E-state index is 9.18. The highest BCUT2D eigenvalue weighted by Crippen LogP contribution is 2.23. The molecule has 0 aromatic carbocycles. The van der Waals surface area contributed by atoms with Crippen LogP contribution < -0.4 is 5.73 Å². The van der Waals surface area contributed by atoms with Gasteiger partial charge in [-0.25, -0.2) is 4.98 Å². The molecule has 6 nitrogen and oxygen atoms in total. The van der Waals surface area contributed by atoms with E-state index in [4.69, 9.17) is 11.0 Å². The predicted molar refractivity (Wildman–Crippen MR) is 67.7 cm³/mol. The van der Waals surface area contributed by atoms with Crippen molar-refractivity contribution < 1.29 is 0 Å². The van der Waals surface area contributed by atoms with Crippen molar-refractivity contribution in [3.8, 4) is 12.1 Å². The fraction of sp³-hybridized carbons (Fsp3) is 0.231. The summed E-state index contributed by atoms with van der Waals surface area (Å²) >= 11 is 0. The van der Waals surface area contributed by atoms with Crippen LogP contribution in [0, 0.1) is 22.7 Å². The molecule has 19 heavy (non-hydrogen) atoms. The third-order valence-corrected chi connectivity index (χ3v) is 2.83. The topological polar surface area (TPSA) is 104 Å². The van der Waals surface area contributed by atoms with Crippen LogP contribution in [0.1, 0.15) is 29.9 Å². The molecule has 94 valence electrons. The van der Waals surface area contributed by atoms with Crippen LogP contribution >= 0.6 is 0 Å². The lowest BCUT2D eigenvalue weighted by molar-refractivity contribution is 0.491. The van der Waals surface area contributed by atoms with E-state index in [0.717, 1.165) is 5.56 Å². The fourth-order valence-electron chi connectivity index (χ4n) is 2.03. The average Bonchev–Trinajstić information content (AvgIpc) is 2.82. The van der Waals surface area contributed by atoms with Gasteiger partial charge in [0, 0.05) is 18.4 Å². The molecule has 0 bridgehead atoms. The van der Waals surface area contributed by atoms with E-state index in [-0.39, 0.29) is 23.5 Å². The third kappa shape index (κ3) is 2.30. The second-order valence-corrected chi connectivity index (χ2v) is 4.16. The van der Waals surface area contributed by atoms with E-state index in [2.05, 4.69) is 9.97 Å². The van der Waals surface area contributed by atoms with Crippen molar-refractivity contribution in [3.63, 3.8) is 0 Å². The first-order chi connectivity index (χ1) is 9.19. The van der Waals surface area contributed by atoms with Gasteiger partial charge in [0.2, 0.25) is 0 Å². The van der Waals surface area contributed by atoms with Crippen molar-refractivity contribution in [1.29, 1.82) is 10.5 Å². The highest BCUT2D eigenvalue weighted by atomic mass is 15.1. The molecule has 0 fully saturated rings. The number of nitrogens with two attached hydrogens (primary N) is 1. The van der Waals surface area contributed by atoms with E-state index in [1.807, 2.05) is 25.1 Å². The van der Waals surface area contributed by atoms with Gasteiger partial charge in [0.1, 0.15) is 12.1 Å². The zero-order valence-electron chi connectivity index (χ0n) is 10.4. The summed E-state index contributed by atoms with van der Waals surface area (Å²) < 4.78 is 1.63. The van der Waals surface area contributed by atoms with Gasteiger partial charge >= 0.3 is 0 Å². The Balaban J connectivity index is 2.57. The monoisotopic (exact) mass is 252 g/mol. The summed E-state index contributed by atoms with van der Waals surface area (Å²) in [5, 5.41) is 18.1. The van der Waals surface area contributed by atoms with Crippen molar-refractivity contribution in [3.05, 3.63) is 47.8 Å². The Labute approximate surface area is 110 Å². The van der Waals surface area contributed by atoms with Crippen LogP contribution in [0.2, 0.25) is 0 Å². The van der Waals surface area contributed by atoms with Crippen molar-refractivity contribution in [2.24, 2.45) is 5.73 Å². The SMILES string of the molecule is CC(N)C(c1cccnc1)n1cnc(C#N)c1C#N. The van der Waals surface area contributed by atoms with Gasteiger partial charge in [-0.15, -0.1) is 0 Å². The zero-order valence-corrected chi connectivity index (χ0v) is 10.4. The molecule has 0 amide bonds. The Kier molecular flexibility index (Phi) is 3.56. The number of hydrogen-bond acceptors (Lipinski definition) is 5. The van der Waals surface area contributed by atoms with Gasteiger partial charge in [-0.05, 0) is 18.6 Å². The summed E-state index contributed by atoms with van der Waals surface area (Å²) in [6.07, 6.45) is 4.83. The molecule has 0 saturated carbocycles. The van der Waals surface area contributed by atoms with Gasteiger partial charge in [-0.2, -0.15) is 10.5 Å². The molecule has 2 atom stereocenters. The molecule has 2 N–H and O–H groups in total.